The highest BCUT2D eigenvalue weighted by atomic mass is 35.5. The van der Waals surface area contributed by atoms with Gasteiger partial charge in [0.2, 0.25) is 0 Å². The van der Waals surface area contributed by atoms with Crippen molar-refractivity contribution in [1.82, 2.24) is 5.32 Å². The molecule has 0 fully saturated rings. The third-order valence-corrected chi connectivity index (χ3v) is 3.37. The van der Waals surface area contributed by atoms with Gasteiger partial charge in [-0.3, -0.25) is 10.1 Å². The van der Waals surface area contributed by atoms with Crippen molar-refractivity contribution < 1.29 is 9.53 Å². The van der Waals surface area contributed by atoms with E-state index in [-0.39, 0.29) is 18.1 Å². The molecule has 3 nitrogen and oxygen atoms in total. The Balaban J connectivity index is 2.69. The third kappa shape index (κ3) is 5.21. The molecule has 19 heavy (non-hydrogen) atoms. The summed E-state index contributed by atoms with van der Waals surface area (Å²) in [5, 5.41) is 4.02. The maximum atomic E-state index is 11.7. The highest BCUT2D eigenvalue weighted by molar-refractivity contribution is 6.30. The van der Waals surface area contributed by atoms with Gasteiger partial charge in [0.15, 0.2) is 0 Å². The van der Waals surface area contributed by atoms with Crippen LogP contribution >= 0.6 is 11.6 Å². The van der Waals surface area contributed by atoms with Crippen molar-refractivity contribution in [3.63, 3.8) is 0 Å². The SMILES string of the molecule is CCCCC(N[C@@H](C)c1cccc(Cl)c1)C(=O)OC. The predicted octanol–water partition coefficient (Wildman–Crippen LogP) is 3.72. The molecule has 4 heteroatoms. The fourth-order valence-electron chi connectivity index (χ4n) is 1.99. The zero-order valence-corrected chi connectivity index (χ0v) is 12.5. The van der Waals surface area contributed by atoms with Crippen LogP contribution in [0.25, 0.3) is 0 Å². The normalized spacial score (nSPS) is 13.9. The minimum Gasteiger partial charge on any atom is -0.468 e. The molecule has 0 saturated carbocycles. The second-order valence-electron chi connectivity index (χ2n) is 4.66. The summed E-state index contributed by atoms with van der Waals surface area (Å²) in [6.45, 7) is 4.13. The number of methoxy groups -OCH3 is 1. The molecule has 0 saturated heterocycles. The summed E-state index contributed by atoms with van der Waals surface area (Å²) in [4.78, 5) is 11.7. The summed E-state index contributed by atoms with van der Waals surface area (Å²) >= 11 is 5.98. The van der Waals surface area contributed by atoms with Crippen LogP contribution in [0, 0.1) is 0 Å². The monoisotopic (exact) mass is 283 g/mol. The zero-order valence-electron chi connectivity index (χ0n) is 11.8. The summed E-state index contributed by atoms with van der Waals surface area (Å²) in [6.07, 6.45) is 2.84. The number of ether oxygens (including phenoxy) is 1. The molecular weight excluding hydrogens is 262 g/mol. The van der Waals surface area contributed by atoms with Gasteiger partial charge < -0.3 is 4.74 Å². The molecule has 2 atom stereocenters. The molecule has 1 rings (SSSR count). The maximum Gasteiger partial charge on any atom is 0.322 e. The lowest BCUT2D eigenvalue weighted by Crippen LogP contribution is -2.39. The molecule has 0 amide bonds. The molecule has 0 aromatic heterocycles. The number of rotatable bonds is 7. The molecule has 1 aromatic rings. The van der Waals surface area contributed by atoms with Crippen LogP contribution in [0.3, 0.4) is 0 Å². The van der Waals surface area contributed by atoms with Crippen LogP contribution in [0.5, 0.6) is 0 Å². The minimum atomic E-state index is -0.265. The average Bonchev–Trinajstić information content (AvgIpc) is 2.42. The van der Waals surface area contributed by atoms with E-state index in [1.54, 1.807) is 0 Å². The van der Waals surface area contributed by atoms with Gasteiger partial charge in [-0.2, -0.15) is 0 Å². The minimum absolute atomic E-state index is 0.0552. The van der Waals surface area contributed by atoms with Crippen LogP contribution in [-0.4, -0.2) is 19.1 Å². The standard InChI is InChI=1S/C15H22ClNO2/c1-4-5-9-14(15(18)19-3)17-11(2)12-7-6-8-13(16)10-12/h6-8,10-11,14,17H,4-5,9H2,1-3H3/t11-,14?/m0/s1. The second kappa shape index (κ2) is 8.18. The Hall–Kier alpha value is -1.06. The number of carbonyl (C=O) groups is 1. The summed E-state index contributed by atoms with van der Waals surface area (Å²) in [6, 6.07) is 7.45. The number of hydrogen-bond acceptors (Lipinski definition) is 3. The van der Waals surface area contributed by atoms with Crippen molar-refractivity contribution in [2.75, 3.05) is 7.11 Å². The van der Waals surface area contributed by atoms with E-state index < -0.39 is 0 Å². The molecule has 1 N–H and O–H groups in total. The van der Waals surface area contributed by atoms with Gasteiger partial charge in [-0.05, 0) is 31.0 Å². The summed E-state index contributed by atoms with van der Waals surface area (Å²) < 4.78 is 4.84. The van der Waals surface area contributed by atoms with Crippen molar-refractivity contribution in [1.29, 1.82) is 0 Å². The molecule has 0 bridgehead atoms. The number of hydrogen-bond donors (Lipinski definition) is 1. The van der Waals surface area contributed by atoms with Crippen molar-refractivity contribution in [3.05, 3.63) is 34.9 Å². The molecule has 1 aromatic carbocycles. The summed E-state index contributed by atoms with van der Waals surface area (Å²) in [5.41, 5.74) is 1.07. The molecule has 0 aliphatic rings. The number of unbranched alkanes of at least 4 members (excludes halogenated alkanes) is 1. The summed E-state index contributed by atoms with van der Waals surface area (Å²) in [5.74, 6) is -0.206. The Morgan fingerprint density at radius 1 is 1.47 bits per heavy atom. The van der Waals surface area contributed by atoms with E-state index in [1.807, 2.05) is 31.2 Å². The van der Waals surface area contributed by atoms with Gasteiger partial charge in [-0.1, -0.05) is 43.5 Å². The number of benzene rings is 1. The Labute approximate surface area is 120 Å². The van der Waals surface area contributed by atoms with Crippen LogP contribution in [0.4, 0.5) is 0 Å². The van der Waals surface area contributed by atoms with E-state index >= 15 is 0 Å². The maximum absolute atomic E-state index is 11.7. The first-order valence-corrected chi connectivity index (χ1v) is 7.05. The van der Waals surface area contributed by atoms with Gasteiger partial charge in [-0.25, -0.2) is 0 Å². The molecule has 1 unspecified atom stereocenters. The van der Waals surface area contributed by atoms with Crippen molar-refractivity contribution in [3.8, 4) is 0 Å². The topological polar surface area (TPSA) is 38.3 Å². The van der Waals surface area contributed by atoms with Crippen LogP contribution in [0.2, 0.25) is 5.02 Å². The van der Waals surface area contributed by atoms with E-state index in [0.29, 0.717) is 5.02 Å². The van der Waals surface area contributed by atoms with Crippen molar-refractivity contribution >= 4 is 17.6 Å². The van der Waals surface area contributed by atoms with E-state index in [4.69, 9.17) is 16.3 Å². The van der Waals surface area contributed by atoms with E-state index in [1.165, 1.54) is 7.11 Å². The van der Waals surface area contributed by atoms with E-state index in [0.717, 1.165) is 24.8 Å². The number of halogens is 1. The fraction of sp³-hybridized carbons (Fsp3) is 0.533. The molecule has 106 valence electrons. The molecule has 0 aliphatic carbocycles. The van der Waals surface area contributed by atoms with Gasteiger partial charge in [0.05, 0.1) is 7.11 Å². The quantitative estimate of drug-likeness (QED) is 0.775. The molecule has 0 spiro atoms. The van der Waals surface area contributed by atoms with Gasteiger partial charge >= 0.3 is 5.97 Å². The molecule has 0 heterocycles. The van der Waals surface area contributed by atoms with Gasteiger partial charge in [0.25, 0.3) is 0 Å². The molecular formula is C15H22ClNO2. The van der Waals surface area contributed by atoms with E-state index in [2.05, 4.69) is 12.2 Å². The fourth-order valence-corrected chi connectivity index (χ4v) is 2.19. The largest absolute Gasteiger partial charge is 0.468 e. The average molecular weight is 284 g/mol. The van der Waals surface area contributed by atoms with Gasteiger partial charge in [0, 0.05) is 11.1 Å². The van der Waals surface area contributed by atoms with Crippen LogP contribution in [-0.2, 0) is 9.53 Å². The Morgan fingerprint density at radius 3 is 2.79 bits per heavy atom. The highest BCUT2D eigenvalue weighted by Crippen LogP contribution is 2.18. The highest BCUT2D eigenvalue weighted by Gasteiger charge is 2.21. The first-order valence-electron chi connectivity index (χ1n) is 6.67. The Kier molecular flexibility index (Phi) is 6.89. The summed E-state index contributed by atoms with van der Waals surface area (Å²) in [7, 11) is 1.42. The Morgan fingerprint density at radius 2 is 2.21 bits per heavy atom. The first-order chi connectivity index (χ1) is 9.08. The number of esters is 1. The lowest BCUT2D eigenvalue weighted by atomic mass is 10.0. The lowest BCUT2D eigenvalue weighted by molar-refractivity contribution is -0.143. The van der Waals surface area contributed by atoms with Crippen molar-refractivity contribution in [2.24, 2.45) is 0 Å². The molecule has 0 aliphatic heterocycles. The number of carbonyl (C=O) groups excluding carboxylic acids is 1. The van der Waals surface area contributed by atoms with Gasteiger partial charge in [0.1, 0.15) is 6.04 Å². The van der Waals surface area contributed by atoms with Crippen LogP contribution < -0.4 is 5.32 Å². The number of nitrogens with one attached hydrogen (secondary N) is 1. The molecule has 0 radical (unpaired) electrons. The lowest BCUT2D eigenvalue weighted by Gasteiger charge is -2.21. The van der Waals surface area contributed by atoms with Crippen LogP contribution in [0.15, 0.2) is 24.3 Å². The Bertz CT molecular complexity index is 409. The van der Waals surface area contributed by atoms with Crippen LogP contribution in [0.1, 0.15) is 44.7 Å². The predicted molar refractivity (Wildman–Crippen MR) is 78.3 cm³/mol. The first kappa shape index (κ1) is 16.0. The third-order valence-electron chi connectivity index (χ3n) is 3.13. The second-order valence-corrected chi connectivity index (χ2v) is 5.10. The van der Waals surface area contributed by atoms with E-state index in [9.17, 15) is 4.79 Å². The zero-order chi connectivity index (χ0) is 14.3. The van der Waals surface area contributed by atoms with Gasteiger partial charge in [-0.15, -0.1) is 0 Å². The van der Waals surface area contributed by atoms with Crippen molar-refractivity contribution in [2.45, 2.75) is 45.2 Å². The smallest absolute Gasteiger partial charge is 0.322 e.